The van der Waals surface area contributed by atoms with Crippen molar-refractivity contribution in [1.82, 2.24) is 14.1 Å². The molecule has 7 nitrogen and oxygen atoms in total. The van der Waals surface area contributed by atoms with Crippen molar-refractivity contribution in [1.29, 1.82) is 0 Å². The summed E-state index contributed by atoms with van der Waals surface area (Å²) in [5.74, 6) is 0. The van der Waals surface area contributed by atoms with E-state index in [0.717, 1.165) is 18.6 Å². The molecule has 29 heavy (non-hydrogen) atoms. The van der Waals surface area contributed by atoms with Crippen LogP contribution in [0, 0.1) is 0 Å². The Morgan fingerprint density at radius 3 is 2.34 bits per heavy atom. The number of cyclic esters (lactones) is 1. The van der Waals surface area contributed by atoms with Gasteiger partial charge >= 0.3 is 12.3 Å². The molecule has 0 aromatic heterocycles. The van der Waals surface area contributed by atoms with Crippen LogP contribution in [0.4, 0.5) is 18.0 Å². The number of amides is 1. The smallest absolute Gasteiger partial charge is 0.417 e. The van der Waals surface area contributed by atoms with Gasteiger partial charge in [0.25, 0.3) is 0 Å². The van der Waals surface area contributed by atoms with Gasteiger partial charge in [0.05, 0.1) is 22.0 Å². The number of carbonyl (C=O) groups excluding carboxylic acids is 1. The third kappa shape index (κ3) is 5.14. The third-order valence-corrected chi connectivity index (χ3v) is 7.18. The van der Waals surface area contributed by atoms with Crippen molar-refractivity contribution >= 4 is 27.7 Å². The number of nitrogens with zero attached hydrogens (tertiary/aromatic N) is 3. The molecule has 3 rings (SSSR count). The van der Waals surface area contributed by atoms with Gasteiger partial charge in [-0.05, 0) is 31.2 Å². The van der Waals surface area contributed by atoms with E-state index in [9.17, 15) is 26.4 Å². The summed E-state index contributed by atoms with van der Waals surface area (Å²) in [6, 6.07) is 2.63. The summed E-state index contributed by atoms with van der Waals surface area (Å²) in [6.45, 7) is 3.52. The molecule has 0 spiro atoms. The number of hydrogen-bond acceptors (Lipinski definition) is 5. The monoisotopic (exact) mass is 455 g/mol. The quantitative estimate of drug-likeness (QED) is 0.659. The van der Waals surface area contributed by atoms with Crippen molar-refractivity contribution in [2.75, 3.05) is 52.4 Å². The molecule has 2 aliphatic rings. The van der Waals surface area contributed by atoms with Gasteiger partial charge in [-0.15, -0.1) is 0 Å². The van der Waals surface area contributed by atoms with E-state index in [4.69, 9.17) is 16.3 Å². The second-order valence-corrected chi connectivity index (χ2v) is 9.19. The Kier molecular flexibility index (Phi) is 6.61. The zero-order valence-electron chi connectivity index (χ0n) is 15.5. The number of halogens is 4. The summed E-state index contributed by atoms with van der Waals surface area (Å²) in [4.78, 5) is 14.7. The Balaban J connectivity index is 1.56. The number of hydrogen-bond donors (Lipinski definition) is 0. The van der Waals surface area contributed by atoms with Crippen LogP contribution in [0.5, 0.6) is 0 Å². The van der Waals surface area contributed by atoms with Gasteiger partial charge < -0.3 is 14.5 Å². The predicted molar refractivity (Wildman–Crippen MR) is 99.2 cm³/mol. The fourth-order valence-corrected chi connectivity index (χ4v) is 5.01. The molecule has 0 unspecified atom stereocenters. The molecular weight excluding hydrogens is 435 g/mol. The van der Waals surface area contributed by atoms with Crippen LogP contribution in [-0.4, -0.2) is 81.0 Å². The van der Waals surface area contributed by atoms with Crippen molar-refractivity contribution in [3.63, 3.8) is 0 Å². The minimum atomic E-state index is -4.73. The highest BCUT2D eigenvalue weighted by Gasteiger charge is 2.36. The molecule has 0 bridgehead atoms. The third-order valence-electron chi connectivity index (χ3n) is 4.96. The van der Waals surface area contributed by atoms with Crippen LogP contribution in [-0.2, 0) is 20.9 Å². The fourth-order valence-electron chi connectivity index (χ4n) is 3.34. The Morgan fingerprint density at radius 1 is 1.07 bits per heavy atom. The average Bonchev–Trinajstić information content (AvgIpc) is 3.06. The number of piperazine rings is 1. The second-order valence-electron chi connectivity index (χ2n) is 6.84. The highest BCUT2D eigenvalue weighted by molar-refractivity contribution is 7.89. The zero-order valence-corrected chi connectivity index (χ0v) is 17.1. The average molecular weight is 456 g/mol. The fraction of sp³-hybridized carbons (Fsp3) is 0.588. The van der Waals surface area contributed by atoms with Crippen LogP contribution in [0.15, 0.2) is 23.1 Å². The first-order valence-electron chi connectivity index (χ1n) is 9.10. The Hall–Kier alpha value is -1.56. The van der Waals surface area contributed by atoms with E-state index < -0.39 is 31.7 Å². The van der Waals surface area contributed by atoms with Crippen LogP contribution in [0.25, 0.3) is 0 Å². The van der Waals surface area contributed by atoms with E-state index in [1.54, 1.807) is 4.90 Å². The number of carbonyl (C=O) groups is 1. The minimum absolute atomic E-state index is 0.179. The largest absolute Gasteiger partial charge is 0.448 e. The topological polar surface area (TPSA) is 70.2 Å². The van der Waals surface area contributed by atoms with Crippen LogP contribution in [0.1, 0.15) is 12.0 Å². The molecule has 0 N–H and O–H groups in total. The summed E-state index contributed by atoms with van der Waals surface area (Å²) < 4.78 is 70.6. The SMILES string of the molecule is O=C1OCCN1CCCN1CCN(S(=O)(=O)c2ccc(Cl)c(C(F)(F)F)c2)CC1. The van der Waals surface area contributed by atoms with Crippen molar-refractivity contribution in [2.24, 2.45) is 0 Å². The van der Waals surface area contributed by atoms with E-state index in [-0.39, 0.29) is 19.2 Å². The summed E-state index contributed by atoms with van der Waals surface area (Å²) >= 11 is 5.57. The van der Waals surface area contributed by atoms with Crippen LogP contribution in [0.3, 0.4) is 0 Å². The Morgan fingerprint density at radius 2 is 1.76 bits per heavy atom. The van der Waals surface area contributed by atoms with Gasteiger partial charge in [-0.1, -0.05) is 11.6 Å². The standard InChI is InChI=1S/C17H21ClF3N3O4S/c18-15-3-2-13(12-14(15)17(19,20)21)29(26,27)24-8-6-22(7-9-24)4-1-5-23-10-11-28-16(23)25/h2-3,12H,1,4-11H2. The summed E-state index contributed by atoms with van der Waals surface area (Å²) in [6.07, 6.45) is -4.32. The molecule has 2 saturated heterocycles. The molecule has 0 saturated carbocycles. The molecule has 1 aromatic rings. The Labute approximate surface area is 172 Å². The van der Waals surface area contributed by atoms with Crippen LogP contribution in [0.2, 0.25) is 5.02 Å². The van der Waals surface area contributed by atoms with Crippen LogP contribution < -0.4 is 0 Å². The van der Waals surface area contributed by atoms with Gasteiger partial charge in [-0.3, -0.25) is 0 Å². The molecule has 1 amide bonds. The molecule has 0 atom stereocenters. The summed E-state index contributed by atoms with van der Waals surface area (Å²) in [5.41, 5.74) is -1.17. The molecule has 2 fully saturated rings. The van der Waals surface area contributed by atoms with Gasteiger partial charge in [-0.2, -0.15) is 17.5 Å². The molecule has 1 aromatic carbocycles. The lowest BCUT2D eigenvalue weighted by Crippen LogP contribution is -2.49. The molecule has 2 heterocycles. The van der Waals surface area contributed by atoms with Gasteiger partial charge in [0.2, 0.25) is 10.0 Å². The number of sulfonamides is 1. The predicted octanol–water partition coefficient (Wildman–Crippen LogP) is 2.51. The van der Waals surface area contributed by atoms with Gasteiger partial charge in [0.1, 0.15) is 6.61 Å². The van der Waals surface area contributed by atoms with Gasteiger partial charge in [-0.25, -0.2) is 13.2 Å². The summed E-state index contributed by atoms with van der Waals surface area (Å²) in [5, 5.41) is -0.539. The van der Waals surface area contributed by atoms with Crippen molar-refractivity contribution < 1.29 is 31.1 Å². The van der Waals surface area contributed by atoms with Gasteiger partial charge in [0, 0.05) is 32.7 Å². The number of rotatable bonds is 6. The second kappa shape index (κ2) is 8.66. The lowest BCUT2D eigenvalue weighted by Gasteiger charge is -2.34. The number of alkyl halides is 3. The summed E-state index contributed by atoms with van der Waals surface area (Å²) in [7, 11) is -4.05. The van der Waals surface area contributed by atoms with E-state index in [1.165, 1.54) is 4.31 Å². The molecule has 0 aliphatic carbocycles. The van der Waals surface area contributed by atoms with E-state index in [1.807, 2.05) is 0 Å². The van der Waals surface area contributed by atoms with E-state index in [2.05, 4.69) is 4.90 Å². The maximum Gasteiger partial charge on any atom is 0.417 e. The lowest BCUT2D eigenvalue weighted by molar-refractivity contribution is -0.137. The maximum atomic E-state index is 13.0. The van der Waals surface area contributed by atoms with Crippen molar-refractivity contribution in [3.8, 4) is 0 Å². The maximum absolute atomic E-state index is 13.0. The van der Waals surface area contributed by atoms with Crippen LogP contribution >= 0.6 is 11.6 Å². The number of benzene rings is 1. The van der Waals surface area contributed by atoms with Gasteiger partial charge in [0.15, 0.2) is 0 Å². The molecule has 162 valence electrons. The molecule has 12 heteroatoms. The zero-order chi connectivity index (χ0) is 21.2. The first-order valence-corrected chi connectivity index (χ1v) is 10.9. The highest BCUT2D eigenvalue weighted by atomic mass is 35.5. The van der Waals surface area contributed by atoms with E-state index in [0.29, 0.717) is 45.4 Å². The van der Waals surface area contributed by atoms with Crippen molar-refractivity contribution in [3.05, 3.63) is 28.8 Å². The lowest BCUT2D eigenvalue weighted by atomic mass is 10.2. The van der Waals surface area contributed by atoms with E-state index >= 15 is 0 Å². The van der Waals surface area contributed by atoms with Crippen molar-refractivity contribution in [2.45, 2.75) is 17.5 Å². The Bertz CT molecular complexity index is 858. The normalized spacial score (nSPS) is 19.6. The minimum Gasteiger partial charge on any atom is -0.448 e. The molecular formula is C17H21ClF3N3O4S. The first kappa shape index (κ1) is 22.1. The number of ether oxygens (including phenoxy) is 1. The molecule has 2 aliphatic heterocycles. The first-order chi connectivity index (χ1) is 13.6. The molecule has 0 radical (unpaired) electrons. The highest BCUT2D eigenvalue weighted by Crippen LogP contribution is 2.36.